The van der Waals surface area contributed by atoms with E-state index in [1.54, 1.807) is 6.07 Å². The molecule has 0 aliphatic carbocycles. The highest BCUT2D eigenvalue weighted by atomic mass is 127. The van der Waals surface area contributed by atoms with Crippen LogP contribution in [-0.2, 0) is 6.42 Å². The highest BCUT2D eigenvalue weighted by molar-refractivity contribution is 14.2. The summed E-state index contributed by atoms with van der Waals surface area (Å²) < 4.78 is 0.629. The second-order valence-corrected chi connectivity index (χ2v) is 8.46. The zero-order valence-electron chi connectivity index (χ0n) is 7.58. The highest BCUT2D eigenvalue weighted by Gasteiger charge is 2.05. The lowest BCUT2D eigenvalue weighted by molar-refractivity contribution is 0.399. The van der Waals surface area contributed by atoms with Crippen molar-refractivity contribution in [1.29, 1.82) is 0 Å². The van der Waals surface area contributed by atoms with Gasteiger partial charge in [-0.3, -0.25) is 0 Å². The van der Waals surface area contributed by atoms with Crippen LogP contribution in [0.2, 0.25) is 0 Å². The number of phenols is 2. The van der Waals surface area contributed by atoms with Crippen LogP contribution in [0, 0.1) is 0 Å². The third kappa shape index (κ3) is 3.80. The van der Waals surface area contributed by atoms with E-state index in [9.17, 15) is 10.2 Å². The van der Waals surface area contributed by atoms with Crippen LogP contribution < -0.4 is 0 Å². The molecule has 1 aromatic carbocycles. The molecule has 0 saturated heterocycles. The summed E-state index contributed by atoms with van der Waals surface area (Å²) in [6.07, 6.45) is 2.98. The molecule has 0 fully saturated rings. The van der Waals surface area contributed by atoms with Gasteiger partial charge in [-0.25, -0.2) is 0 Å². The molecule has 0 heterocycles. The molecule has 4 heteroatoms. The number of aromatic hydroxyl groups is 2. The lowest BCUT2D eigenvalue weighted by atomic mass is 10.1. The Kier molecular flexibility index (Phi) is 5.29. The monoisotopic (exact) mass is 418 g/mol. The van der Waals surface area contributed by atoms with Crippen molar-refractivity contribution >= 4 is 45.2 Å². The van der Waals surface area contributed by atoms with Crippen molar-refractivity contribution in [2.75, 3.05) is 0 Å². The molecule has 2 N–H and O–H groups in total. The molecule has 1 rings (SSSR count). The number of phenolic OH excluding ortho intramolecular Hbond substituents is 2. The summed E-state index contributed by atoms with van der Waals surface area (Å²) in [6, 6.07) is 5.11. The van der Waals surface area contributed by atoms with Crippen molar-refractivity contribution < 1.29 is 10.2 Å². The van der Waals surface area contributed by atoms with E-state index in [-0.39, 0.29) is 11.5 Å². The van der Waals surface area contributed by atoms with Gasteiger partial charge in [0, 0.05) is 0 Å². The predicted octanol–water partition coefficient (Wildman–Crippen LogP) is 3.62. The molecule has 0 aliphatic heterocycles. The van der Waals surface area contributed by atoms with Crippen molar-refractivity contribution in [1.82, 2.24) is 0 Å². The summed E-state index contributed by atoms with van der Waals surface area (Å²) in [5, 5.41) is 18.8. The Labute approximate surface area is 111 Å². The van der Waals surface area contributed by atoms with Gasteiger partial charge in [0.05, 0.1) is 1.93 Å². The van der Waals surface area contributed by atoms with Gasteiger partial charge in [0.25, 0.3) is 0 Å². The maximum Gasteiger partial charge on any atom is 0.160 e. The second-order valence-electron chi connectivity index (χ2n) is 3.07. The van der Waals surface area contributed by atoms with Crippen LogP contribution in [0.4, 0.5) is 0 Å². The zero-order chi connectivity index (χ0) is 10.6. The lowest BCUT2D eigenvalue weighted by Crippen LogP contribution is -1.90. The van der Waals surface area contributed by atoms with Gasteiger partial charge in [-0.15, -0.1) is 0 Å². The molecule has 0 aliphatic rings. The number of alkyl halides is 2. The largest absolute Gasteiger partial charge is 0.504 e. The fourth-order valence-corrected chi connectivity index (χ4v) is 2.11. The van der Waals surface area contributed by atoms with Crippen LogP contribution in [-0.4, -0.2) is 12.1 Å². The summed E-state index contributed by atoms with van der Waals surface area (Å²) >= 11 is 4.75. The smallest absolute Gasteiger partial charge is 0.160 e. The van der Waals surface area contributed by atoms with Gasteiger partial charge in [-0.05, 0) is 30.9 Å². The predicted molar refractivity (Wildman–Crippen MR) is 74.5 cm³/mol. The van der Waals surface area contributed by atoms with Crippen molar-refractivity contribution in [3.8, 4) is 11.5 Å². The van der Waals surface area contributed by atoms with E-state index in [1.165, 1.54) is 6.07 Å². The van der Waals surface area contributed by atoms with Gasteiger partial charge in [0.15, 0.2) is 11.5 Å². The second kappa shape index (κ2) is 5.99. The average molecular weight is 418 g/mol. The summed E-state index contributed by atoms with van der Waals surface area (Å²) in [7, 11) is 0. The van der Waals surface area contributed by atoms with Gasteiger partial charge < -0.3 is 10.2 Å². The van der Waals surface area contributed by atoms with E-state index in [0.717, 1.165) is 24.8 Å². The third-order valence-corrected chi connectivity index (χ3v) is 3.21. The average Bonchev–Trinajstić information content (AvgIpc) is 2.12. The van der Waals surface area contributed by atoms with Crippen molar-refractivity contribution in [2.45, 2.75) is 21.2 Å². The Balaban J connectivity index is 2.54. The summed E-state index contributed by atoms with van der Waals surface area (Å²) in [5.41, 5.74) is 0.832. The van der Waals surface area contributed by atoms with Crippen molar-refractivity contribution in [2.24, 2.45) is 0 Å². The SMILES string of the molecule is Oc1cccc(CCCC(I)I)c1O. The van der Waals surface area contributed by atoms with E-state index >= 15 is 0 Å². The van der Waals surface area contributed by atoms with Gasteiger partial charge >= 0.3 is 0 Å². The molecule has 14 heavy (non-hydrogen) atoms. The summed E-state index contributed by atoms with van der Waals surface area (Å²) in [5.74, 6) is 0.00830. The number of hydrogen-bond acceptors (Lipinski definition) is 2. The van der Waals surface area contributed by atoms with Crippen LogP contribution in [0.5, 0.6) is 11.5 Å². The molecule has 2 nitrogen and oxygen atoms in total. The minimum atomic E-state index is -0.0250. The van der Waals surface area contributed by atoms with Crippen molar-refractivity contribution in [3.05, 3.63) is 23.8 Å². The van der Waals surface area contributed by atoms with Gasteiger partial charge in [0.1, 0.15) is 0 Å². The lowest BCUT2D eigenvalue weighted by Gasteiger charge is -2.06. The maximum atomic E-state index is 9.51. The molecule has 1 aromatic rings. The van der Waals surface area contributed by atoms with E-state index in [2.05, 4.69) is 45.2 Å². The molecule has 0 radical (unpaired) electrons. The van der Waals surface area contributed by atoms with E-state index < -0.39 is 0 Å². The molecule has 0 unspecified atom stereocenters. The molecular formula is C10H12I2O2. The molecular weight excluding hydrogens is 406 g/mol. The summed E-state index contributed by atoms with van der Waals surface area (Å²) in [6.45, 7) is 0. The van der Waals surface area contributed by atoms with Crippen LogP contribution >= 0.6 is 45.2 Å². The topological polar surface area (TPSA) is 40.5 Å². The number of aryl methyl sites for hydroxylation is 1. The molecule has 0 spiro atoms. The molecule has 0 amide bonds. The molecule has 0 aromatic heterocycles. The fraction of sp³-hybridized carbons (Fsp3) is 0.400. The number of para-hydroxylation sites is 1. The van der Waals surface area contributed by atoms with Gasteiger partial charge in [0.2, 0.25) is 0 Å². The Morgan fingerprint density at radius 1 is 1.21 bits per heavy atom. The first kappa shape index (κ1) is 12.4. The van der Waals surface area contributed by atoms with Crippen LogP contribution in [0.25, 0.3) is 0 Å². The quantitative estimate of drug-likeness (QED) is 0.446. The molecule has 0 saturated carbocycles. The normalized spacial score (nSPS) is 10.8. The summed E-state index contributed by atoms with van der Waals surface area (Å²) in [4.78, 5) is 0. The Morgan fingerprint density at radius 3 is 2.57 bits per heavy atom. The van der Waals surface area contributed by atoms with Crippen LogP contribution in [0.15, 0.2) is 18.2 Å². The first-order chi connectivity index (χ1) is 6.61. The number of halogens is 2. The Hall–Kier alpha value is 0.280. The van der Waals surface area contributed by atoms with Gasteiger partial charge in [-0.2, -0.15) is 0 Å². The number of rotatable bonds is 4. The van der Waals surface area contributed by atoms with Gasteiger partial charge in [-0.1, -0.05) is 57.3 Å². The van der Waals surface area contributed by atoms with Crippen molar-refractivity contribution in [3.63, 3.8) is 0 Å². The number of hydrogen-bond donors (Lipinski definition) is 2. The Morgan fingerprint density at radius 2 is 1.93 bits per heavy atom. The highest BCUT2D eigenvalue weighted by Crippen LogP contribution is 2.29. The number of benzene rings is 1. The van der Waals surface area contributed by atoms with E-state index in [4.69, 9.17) is 0 Å². The van der Waals surface area contributed by atoms with Crippen LogP contribution in [0.1, 0.15) is 18.4 Å². The first-order valence-electron chi connectivity index (χ1n) is 4.39. The maximum absolute atomic E-state index is 9.51. The molecule has 78 valence electrons. The third-order valence-electron chi connectivity index (χ3n) is 1.97. The zero-order valence-corrected chi connectivity index (χ0v) is 11.9. The minimum Gasteiger partial charge on any atom is -0.504 e. The minimum absolute atomic E-state index is 0.0250. The fourth-order valence-electron chi connectivity index (χ4n) is 1.23. The van der Waals surface area contributed by atoms with Crippen LogP contribution in [0.3, 0.4) is 0 Å². The standard InChI is InChI=1S/C10H12I2O2/c11-9(12)6-2-4-7-3-1-5-8(13)10(7)14/h1,3,5,9,13-14H,2,4,6H2. The first-order valence-corrected chi connectivity index (χ1v) is 6.88. The molecule has 0 bridgehead atoms. The van der Waals surface area contributed by atoms with E-state index in [1.807, 2.05) is 6.07 Å². The Bertz CT molecular complexity index is 300. The molecule has 0 atom stereocenters. The van der Waals surface area contributed by atoms with E-state index in [0.29, 0.717) is 1.93 Å².